The van der Waals surface area contributed by atoms with Gasteiger partial charge >= 0.3 is 0 Å². The first kappa shape index (κ1) is 11.2. The Balaban J connectivity index is 1.56. The molecule has 0 spiro atoms. The van der Waals surface area contributed by atoms with Crippen molar-refractivity contribution < 1.29 is 0 Å². The van der Waals surface area contributed by atoms with Gasteiger partial charge in [-0.3, -0.25) is 4.90 Å². The van der Waals surface area contributed by atoms with Crippen LogP contribution in [0, 0.1) is 5.92 Å². The summed E-state index contributed by atoms with van der Waals surface area (Å²) in [5, 5.41) is 0. The van der Waals surface area contributed by atoms with E-state index in [2.05, 4.69) is 20.6 Å². The monoisotopic (exact) mass is 234 g/mol. The lowest BCUT2D eigenvalue weighted by atomic mass is 9.86. The molecule has 17 heavy (non-hydrogen) atoms. The fourth-order valence-electron chi connectivity index (χ4n) is 3.24. The number of imidazole rings is 1. The van der Waals surface area contributed by atoms with Crippen molar-refractivity contribution in [2.75, 3.05) is 13.1 Å². The summed E-state index contributed by atoms with van der Waals surface area (Å²) in [6, 6.07) is 0.445. The molecule has 2 N–H and O–H groups in total. The van der Waals surface area contributed by atoms with E-state index in [1.807, 2.05) is 6.20 Å². The molecule has 1 fully saturated rings. The first-order chi connectivity index (χ1) is 8.31. The highest BCUT2D eigenvalue weighted by Crippen LogP contribution is 2.25. The number of aromatic nitrogens is 2. The van der Waals surface area contributed by atoms with Crippen LogP contribution in [0.1, 0.15) is 31.5 Å². The maximum atomic E-state index is 6.06. The van der Waals surface area contributed by atoms with Gasteiger partial charge in [-0.25, -0.2) is 4.98 Å². The van der Waals surface area contributed by atoms with Crippen LogP contribution in [0.15, 0.2) is 12.4 Å². The normalized spacial score (nSPS) is 30.2. The van der Waals surface area contributed by atoms with Gasteiger partial charge in [0.25, 0.3) is 0 Å². The van der Waals surface area contributed by atoms with Crippen LogP contribution < -0.4 is 5.73 Å². The highest BCUT2D eigenvalue weighted by Gasteiger charge is 2.23. The van der Waals surface area contributed by atoms with Gasteiger partial charge in [0, 0.05) is 38.1 Å². The molecule has 1 aliphatic heterocycles. The molecule has 2 unspecified atom stereocenters. The molecule has 0 aromatic carbocycles. The van der Waals surface area contributed by atoms with Crippen LogP contribution in [-0.4, -0.2) is 33.6 Å². The van der Waals surface area contributed by atoms with Crippen molar-refractivity contribution in [1.29, 1.82) is 0 Å². The molecular weight excluding hydrogens is 212 g/mol. The largest absolute Gasteiger partial charge is 0.333 e. The fraction of sp³-hybridized carbons (Fsp3) is 0.769. The highest BCUT2D eigenvalue weighted by atomic mass is 15.2. The van der Waals surface area contributed by atoms with E-state index < -0.39 is 0 Å². The van der Waals surface area contributed by atoms with E-state index in [4.69, 9.17) is 5.73 Å². The molecule has 0 saturated heterocycles. The SMILES string of the molecule is NC1CCCC(CN2CCn3ccnc3C2)C1. The third kappa shape index (κ3) is 2.53. The molecule has 0 radical (unpaired) electrons. The van der Waals surface area contributed by atoms with E-state index in [-0.39, 0.29) is 0 Å². The van der Waals surface area contributed by atoms with Crippen molar-refractivity contribution >= 4 is 0 Å². The highest BCUT2D eigenvalue weighted by molar-refractivity contribution is 4.95. The zero-order valence-electron chi connectivity index (χ0n) is 10.4. The van der Waals surface area contributed by atoms with Crippen molar-refractivity contribution in [3.63, 3.8) is 0 Å². The molecule has 3 rings (SSSR count). The van der Waals surface area contributed by atoms with Gasteiger partial charge in [-0.05, 0) is 25.2 Å². The number of nitrogens with zero attached hydrogens (tertiary/aromatic N) is 3. The van der Waals surface area contributed by atoms with E-state index in [9.17, 15) is 0 Å². The number of fused-ring (bicyclic) bond motifs is 1. The summed E-state index contributed by atoms with van der Waals surface area (Å²) in [4.78, 5) is 6.96. The summed E-state index contributed by atoms with van der Waals surface area (Å²) in [5.41, 5.74) is 6.06. The van der Waals surface area contributed by atoms with E-state index in [0.717, 1.165) is 25.6 Å². The zero-order chi connectivity index (χ0) is 11.7. The summed E-state index contributed by atoms with van der Waals surface area (Å²) < 4.78 is 2.27. The molecular formula is C13H22N4. The summed E-state index contributed by atoms with van der Waals surface area (Å²) in [5.74, 6) is 2.02. The Morgan fingerprint density at radius 1 is 1.35 bits per heavy atom. The third-order valence-corrected chi connectivity index (χ3v) is 4.16. The van der Waals surface area contributed by atoms with Gasteiger partial charge in [-0.2, -0.15) is 0 Å². The van der Waals surface area contributed by atoms with Crippen LogP contribution >= 0.6 is 0 Å². The van der Waals surface area contributed by atoms with E-state index >= 15 is 0 Å². The van der Waals surface area contributed by atoms with Crippen LogP contribution in [0.5, 0.6) is 0 Å². The van der Waals surface area contributed by atoms with Crippen molar-refractivity contribution in [3.8, 4) is 0 Å². The number of hydrogen-bond donors (Lipinski definition) is 1. The smallest absolute Gasteiger partial charge is 0.122 e. The summed E-state index contributed by atoms with van der Waals surface area (Å²) >= 11 is 0. The molecule has 0 amide bonds. The molecule has 2 aliphatic rings. The molecule has 4 heteroatoms. The number of rotatable bonds is 2. The van der Waals surface area contributed by atoms with E-state index in [1.54, 1.807) is 0 Å². The van der Waals surface area contributed by atoms with Crippen LogP contribution in [-0.2, 0) is 13.1 Å². The Morgan fingerprint density at radius 3 is 3.18 bits per heavy atom. The second-order valence-corrected chi connectivity index (χ2v) is 5.56. The Kier molecular flexibility index (Phi) is 3.16. The zero-order valence-corrected chi connectivity index (χ0v) is 10.4. The van der Waals surface area contributed by atoms with Gasteiger partial charge in [0.1, 0.15) is 5.82 Å². The Hall–Kier alpha value is -0.870. The minimum atomic E-state index is 0.445. The van der Waals surface area contributed by atoms with Crippen LogP contribution in [0.25, 0.3) is 0 Å². The molecule has 1 aromatic rings. The lowest BCUT2D eigenvalue weighted by Crippen LogP contribution is -2.39. The van der Waals surface area contributed by atoms with Gasteiger partial charge in [-0.15, -0.1) is 0 Å². The average molecular weight is 234 g/mol. The van der Waals surface area contributed by atoms with Crippen LogP contribution in [0.4, 0.5) is 0 Å². The lowest BCUT2D eigenvalue weighted by Gasteiger charge is -2.34. The Bertz CT molecular complexity index is 373. The van der Waals surface area contributed by atoms with Gasteiger partial charge in [-0.1, -0.05) is 6.42 Å². The summed E-state index contributed by atoms with van der Waals surface area (Å²) in [7, 11) is 0. The first-order valence-electron chi connectivity index (χ1n) is 6.79. The van der Waals surface area contributed by atoms with Gasteiger partial charge in [0.2, 0.25) is 0 Å². The first-order valence-corrected chi connectivity index (χ1v) is 6.79. The molecule has 94 valence electrons. The van der Waals surface area contributed by atoms with Crippen LogP contribution in [0.3, 0.4) is 0 Å². The van der Waals surface area contributed by atoms with Crippen molar-refractivity contribution in [1.82, 2.24) is 14.5 Å². The van der Waals surface area contributed by atoms with Crippen molar-refractivity contribution in [2.45, 2.75) is 44.8 Å². The van der Waals surface area contributed by atoms with Crippen molar-refractivity contribution in [3.05, 3.63) is 18.2 Å². The second kappa shape index (κ2) is 4.78. The minimum absolute atomic E-state index is 0.445. The topological polar surface area (TPSA) is 47.1 Å². The lowest BCUT2D eigenvalue weighted by molar-refractivity contribution is 0.159. The van der Waals surface area contributed by atoms with E-state index in [1.165, 1.54) is 38.1 Å². The second-order valence-electron chi connectivity index (χ2n) is 5.56. The molecule has 2 heterocycles. The predicted octanol–water partition coefficient (Wildman–Crippen LogP) is 1.22. The fourth-order valence-corrected chi connectivity index (χ4v) is 3.24. The predicted molar refractivity (Wildman–Crippen MR) is 67.4 cm³/mol. The average Bonchev–Trinajstić information content (AvgIpc) is 2.76. The Labute approximate surface area is 103 Å². The quantitative estimate of drug-likeness (QED) is 0.837. The molecule has 2 atom stereocenters. The summed E-state index contributed by atoms with van der Waals surface area (Å²) in [6.07, 6.45) is 9.11. The standard InChI is InChI=1S/C13H22N4/c14-12-3-1-2-11(8-12)9-16-6-7-17-5-4-15-13(17)10-16/h4-5,11-12H,1-3,6-10,14H2. The minimum Gasteiger partial charge on any atom is -0.333 e. The van der Waals surface area contributed by atoms with E-state index in [0.29, 0.717) is 6.04 Å². The molecule has 1 aromatic heterocycles. The number of hydrogen-bond acceptors (Lipinski definition) is 3. The van der Waals surface area contributed by atoms with Crippen molar-refractivity contribution in [2.24, 2.45) is 11.7 Å². The molecule has 0 bridgehead atoms. The van der Waals surface area contributed by atoms with Gasteiger partial charge < -0.3 is 10.3 Å². The molecule has 4 nitrogen and oxygen atoms in total. The number of nitrogens with two attached hydrogens (primary N) is 1. The summed E-state index contributed by atoms with van der Waals surface area (Å²) in [6.45, 7) is 4.47. The molecule has 1 saturated carbocycles. The van der Waals surface area contributed by atoms with Gasteiger partial charge in [0.15, 0.2) is 0 Å². The third-order valence-electron chi connectivity index (χ3n) is 4.16. The maximum absolute atomic E-state index is 6.06. The van der Waals surface area contributed by atoms with Crippen LogP contribution in [0.2, 0.25) is 0 Å². The Morgan fingerprint density at radius 2 is 2.29 bits per heavy atom. The van der Waals surface area contributed by atoms with Gasteiger partial charge in [0.05, 0.1) is 6.54 Å². The molecule has 1 aliphatic carbocycles. The maximum Gasteiger partial charge on any atom is 0.122 e.